The van der Waals surface area contributed by atoms with Gasteiger partial charge in [-0.25, -0.2) is 9.59 Å². The summed E-state index contributed by atoms with van der Waals surface area (Å²) >= 11 is 1.37. The molecule has 0 saturated carbocycles. The molecule has 0 spiro atoms. The zero-order valence-electron chi connectivity index (χ0n) is 20.0. The average molecular weight is 516 g/mol. The lowest BCUT2D eigenvalue weighted by Gasteiger charge is -2.43. The highest BCUT2D eigenvalue weighted by Crippen LogP contribution is 2.51. The summed E-state index contributed by atoms with van der Waals surface area (Å²) in [5.41, 5.74) is 0.385. The number of hydrogen-bond acceptors (Lipinski definition) is 10. The quantitative estimate of drug-likeness (QED) is 0.314. The van der Waals surface area contributed by atoms with Crippen LogP contribution in [0.2, 0.25) is 0 Å². The third kappa shape index (κ3) is 4.55. The molecule has 4 rings (SSSR count). The van der Waals surface area contributed by atoms with Crippen LogP contribution in [-0.4, -0.2) is 76.9 Å². The van der Waals surface area contributed by atoms with Gasteiger partial charge in [0, 0.05) is 17.1 Å². The van der Waals surface area contributed by atoms with Crippen LogP contribution < -0.4 is 14.8 Å². The second-order valence-electron chi connectivity index (χ2n) is 8.50. The molecule has 0 aliphatic carbocycles. The third-order valence-electron chi connectivity index (χ3n) is 5.89. The van der Waals surface area contributed by atoms with Gasteiger partial charge < -0.3 is 29.2 Å². The van der Waals surface area contributed by atoms with Gasteiger partial charge in [-0.05, 0) is 38.1 Å². The van der Waals surface area contributed by atoms with Crippen LogP contribution in [0.5, 0.6) is 11.5 Å². The van der Waals surface area contributed by atoms with E-state index >= 15 is 0 Å². The number of carbonyl (C=O) groups is 4. The van der Waals surface area contributed by atoms with Crippen molar-refractivity contribution in [2.24, 2.45) is 0 Å². The summed E-state index contributed by atoms with van der Waals surface area (Å²) < 4.78 is 20.0. The van der Waals surface area contributed by atoms with E-state index in [-0.39, 0.29) is 11.1 Å². The number of methoxy groups -OCH3 is 2. The van der Waals surface area contributed by atoms with E-state index in [0.29, 0.717) is 11.5 Å². The molecule has 3 atom stereocenters. The smallest absolute Gasteiger partial charge is 0.342 e. The van der Waals surface area contributed by atoms with Crippen LogP contribution in [0.1, 0.15) is 34.6 Å². The van der Waals surface area contributed by atoms with Gasteiger partial charge in [-0.15, -0.1) is 11.8 Å². The zero-order valence-corrected chi connectivity index (χ0v) is 20.9. The van der Waals surface area contributed by atoms with Crippen LogP contribution in [0, 0.1) is 0 Å². The second-order valence-corrected chi connectivity index (χ2v) is 10.3. The van der Waals surface area contributed by atoms with Crippen molar-refractivity contribution in [1.82, 2.24) is 15.2 Å². The van der Waals surface area contributed by atoms with Gasteiger partial charge in [0.15, 0.2) is 0 Å². The van der Waals surface area contributed by atoms with Gasteiger partial charge in [-0.2, -0.15) is 0 Å². The van der Waals surface area contributed by atoms with Gasteiger partial charge in [0.1, 0.15) is 34.5 Å². The van der Waals surface area contributed by atoms with E-state index in [0.717, 1.165) is 0 Å². The number of pyridine rings is 1. The van der Waals surface area contributed by atoms with E-state index in [1.165, 1.54) is 49.3 Å². The summed E-state index contributed by atoms with van der Waals surface area (Å²) in [6, 6.07) is 6.25. The molecule has 0 unspecified atom stereocenters. The lowest BCUT2D eigenvalue weighted by atomic mass is 9.95. The number of nitrogens with one attached hydrogen (secondary N) is 1. The molecule has 1 aromatic carbocycles. The van der Waals surface area contributed by atoms with Crippen molar-refractivity contribution in [3.8, 4) is 11.5 Å². The Kier molecular flexibility index (Phi) is 7.07. The highest BCUT2D eigenvalue weighted by atomic mass is 32.2. The van der Waals surface area contributed by atoms with Crippen molar-refractivity contribution in [2.45, 2.75) is 36.1 Å². The average Bonchev–Trinajstić information content (AvgIpc) is 3.14. The summed E-state index contributed by atoms with van der Waals surface area (Å²) in [5.74, 6) is -1.75. The Balaban J connectivity index is 1.40. The molecular formula is C24H25N3O8S. The van der Waals surface area contributed by atoms with Crippen molar-refractivity contribution in [3.63, 3.8) is 0 Å². The van der Waals surface area contributed by atoms with Gasteiger partial charge in [-0.3, -0.25) is 14.6 Å². The Morgan fingerprint density at radius 3 is 2.39 bits per heavy atom. The van der Waals surface area contributed by atoms with E-state index in [4.69, 9.17) is 18.9 Å². The molecule has 2 aromatic rings. The zero-order chi connectivity index (χ0) is 26.0. The Labute approximate surface area is 211 Å². The summed E-state index contributed by atoms with van der Waals surface area (Å²) in [7, 11) is 2.86. The molecule has 0 bridgehead atoms. The number of amides is 2. The molecule has 2 amide bonds. The molecule has 3 heterocycles. The number of β-lactam (4-membered cyclic amide) rings is 1. The fourth-order valence-corrected chi connectivity index (χ4v) is 5.82. The first-order chi connectivity index (χ1) is 17.2. The number of hydrogen-bond donors (Lipinski definition) is 1. The maximum atomic E-state index is 13.0. The lowest BCUT2D eigenvalue weighted by molar-refractivity contribution is -0.168. The number of rotatable bonds is 8. The number of thioether (sulfide) groups is 1. The number of ether oxygens (including phenoxy) is 4. The summed E-state index contributed by atoms with van der Waals surface area (Å²) in [4.78, 5) is 56.2. The fourth-order valence-electron chi connectivity index (χ4n) is 4.20. The molecule has 2 aliphatic heterocycles. The SMILES string of the molecule is COc1cccc(OC)c1C(=O)N[C@@H]1C(=O)N2[C@@H]1SC(C)(C)[C@@H]2C(=O)OCOC(=O)c1cccnc1. The molecule has 12 heteroatoms. The second kappa shape index (κ2) is 10.1. The minimum absolute atomic E-state index is 0.169. The first-order valence-corrected chi connectivity index (χ1v) is 11.8. The van der Waals surface area contributed by atoms with Crippen LogP contribution in [0.25, 0.3) is 0 Å². The number of benzene rings is 1. The van der Waals surface area contributed by atoms with E-state index in [2.05, 4.69) is 10.3 Å². The predicted octanol–water partition coefficient (Wildman–Crippen LogP) is 1.62. The van der Waals surface area contributed by atoms with Crippen LogP contribution in [0.15, 0.2) is 42.7 Å². The van der Waals surface area contributed by atoms with Crippen molar-refractivity contribution in [2.75, 3.05) is 21.0 Å². The largest absolute Gasteiger partial charge is 0.496 e. The molecule has 11 nitrogen and oxygen atoms in total. The summed E-state index contributed by atoms with van der Waals surface area (Å²) in [5, 5.41) is 2.26. The Hall–Kier alpha value is -3.80. The Morgan fingerprint density at radius 1 is 1.08 bits per heavy atom. The molecule has 2 fully saturated rings. The standard InChI is InChI=1S/C24H25N3O8S/c1-24(2)18(23(31)35-12-34-22(30)13-7-6-10-25-11-13)27-20(29)17(21(27)36-24)26-19(28)16-14(32-3)8-5-9-15(16)33-4/h5-11,17-18,21H,12H2,1-4H3,(H,26,28)/t17-,18+,21-/m1/s1. The Bertz CT molecular complexity index is 1170. The van der Waals surface area contributed by atoms with Gasteiger partial charge in [0.2, 0.25) is 12.7 Å². The summed E-state index contributed by atoms with van der Waals surface area (Å²) in [6.45, 7) is 3.00. The molecule has 2 aliphatic rings. The van der Waals surface area contributed by atoms with E-state index < -0.39 is 52.8 Å². The predicted molar refractivity (Wildman–Crippen MR) is 128 cm³/mol. The monoisotopic (exact) mass is 515 g/mol. The minimum atomic E-state index is -0.925. The fraction of sp³-hybridized carbons (Fsp3) is 0.375. The molecular weight excluding hydrogens is 490 g/mol. The Morgan fingerprint density at radius 2 is 1.78 bits per heavy atom. The van der Waals surface area contributed by atoms with Crippen molar-refractivity contribution < 1.29 is 38.1 Å². The van der Waals surface area contributed by atoms with E-state index in [9.17, 15) is 19.2 Å². The molecule has 36 heavy (non-hydrogen) atoms. The van der Waals surface area contributed by atoms with Crippen LogP contribution >= 0.6 is 11.8 Å². The minimum Gasteiger partial charge on any atom is -0.496 e. The van der Waals surface area contributed by atoms with Gasteiger partial charge >= 0.3 is 11.9 Å². The number of fused-ring (bicyclic) bond motifs is 1. The topological polar surface area (TPSA) is 133 Å². The van der Waals surface area contributed by atoms with Gasteiger partial charge in [0.05, 0.1) is 19.8 Å². The van der Waals surface area contributed by atoms with E-state index in [1.807, 2.05) is 0 Å². The van der Waals surface area contributed by atoms with E-state index in [1.54, 1.807) is 38.1 Å². The first-order valence-electron chi connectivity index (χ1n) is 10.9. The molecule has 190 valence electrons. The van der Waals surface area contributed by atoms with Crippen LogP contribution in [0.3, 0.4) is 0 Å². The van der Waals surface area contributed by atoms with Crippen molar-refractivity contribution in [3.05, 3.63) is 53.9 Å². The van der Waals surface area contributed by atoms with Crippen molar-refractivity contribution >= 4 is 35.5 Å². The molecule has 2 saturated heterocycles. The number of esters is 2. The molecule has 1 aromatic heterocycles. The normalized spacial score (nSPS) is 21.6. The number of aromatic nitrogens is 1. The highest BCUT2D eigenvalue weighted by molar-refractivity contribution is 8.01. The van der Waals surface area contributed by atoms with Crippen molar-refractivity contribution in [1.29, 1.82) is 0 Å². The highest BCUT2D eigenvalue weighted by Gasteiger charge is 2.64. The van der Waals surface area contributed by atoms with Gasteiger partial charge in [-0.1, -0.05) is 6.07 Å². The maximum Gasteiger partial charge on any atom is 0.342 e. The van der Waals surface area contributed by atoms with Gasteiger partial charge in [0.25, 0.3) is 5.91 Å². The number of carbonyl (C=O) groups excluding carboxylic acids is 4. The van der Waals surface area contributed by atoms with Crippen LogP contribution in [-0.2, 0) is 19.1 Å². The molecule has 0 radical (unpaired) electrons. The molecule has 1 N–H and O–H groups in total. The van der Waals surface area contributed by atoms with Crippen LogP contribution in [0.4, 0.5) is 0 Å². The summed E-state index contributed by atoms with van der Waals surface area (Å²) in [6.07, 6.45) is 2.85. The first kappa shape index (κ1) is 25.3. The lowest BCUT2D eigenvalue weighted by Crippen LogP contribution is -2.70. The third-order valence-corrected chi connectivity index (χ3v) is 7.47. The maximum absolute atomic E-state index is 13.0. The number of nitrogens with zero attached hydrogens (tertiary/aromatic N) is 2.